The Morgan fingerprint density at radius 2 is 1.89 bits per heavy atom. The molecule has 1 aliphatic rings. The topological polar surface area (TPSA) is 142 Å². The Morgan fingerprint density at radius 3 is 2.71 bits per heavy atom. The largest absolute Gasteiger partial charge is 0.407 e. The quantitative estimate of drug-likeness (QED) is 0.312. The molecule has 0 saturated heterocycles. The van der Waals surface area contributed by atoms with Crippen LogP contribution in [0.1, 0.15) is 22.3 Å². The van der Waals surface area contributed by atoms with E-state index in [-0.39, 0.29) is 11.9 Å². The first kappa shape index (κ1) is 21.8. The van der Waals surface area contributed by atoms with Crippen molar-refractivity contribution in [3.8, 4) is 6.07 Å². The molecule has 1 aliphatic heterocycles. The molecule has 0 amide bonds. The van der Waals surface area contributed by atoms with Crippen molar-refractivity contribution in [2.45, 2.75) is 6.35 Å². The molecular weight excluding hydrogens is 442 g/mol. The maximum absolute atomic E-state index is 9.22. The van der Waals surface area contributed by atoms with Crippen LogP contribution in [0.3, 0.4) is 0 Å². The summed E-state index contributed by atoms with van der Waals surface area (Å²) in [6.07, 6.45) is 0.491. The fourth-order valence-electron chi connectivity index (χ4n) is 3.69. The van der Waals surface area contributed by atoms with Crippen molar-refractivity contribution in [1.82, 2.24) is 4.98 Å². The number of nitrogens with zero attached hydrogens (tertiary/aromatic N) is 4. The number of benzene rings is 3. The third-order valence-corrected chi connectivity index (χ3v) is 5.30. The fraction of sp³-hybridized carbons (Fsp3) is 0.0385. The summed E-state index contributed by atoms with van der Waals surface area (Å²) in [4.78, 5) is 18.8. The maximum Gasteiger partial charge on any atom is 0.293 e. The first-order valence-corrected chi connectivity index (χ1v) is 10.7. The second kappa shape index (κ2) is 9.43. The summed E-state index contributed by atoms with van der Waals surface area (Å²) in [5.41, 5.74) is 13.5. The van der Waals surface area contributed by atoms with Gasteiger partial charge in [-0.3, -0.25) is 15.9 Å². The van der Waals surface area contributed by atoms with E-state index < -0.39 is 6.35 Å². The molecule has 0 aliphatic carbocycles. The van der Waals surface area contributed by atoms with Crippen LogP contribution in [0.2, 0.25) is 0 Å². The normalized spacial score (nSPS) is 15.2. The molecule has 4 N–H and O–H groups in total. The van der Waals surface area contributed by atoms with Gasteiger partial charge in [-0.25, -0.2) is 9.83 Å². The Hall–Kier alpha value is -5.07. The van der Waals surface area contributed by atoms with Crippen molar-refractivity contribution in [3.63, 3.8) is 0 Å². The molecule has 1 atom stereocenters. The molecule has 0 bridgehead atoms. The molecule has 2 heterocycles. The number of pyridine rings is 1. The van der Waals surface area contributed by atoms with Gasteiger partial charge in [-0.15, -0.1) is 0 Å². The molecule has 3 aromatic carbocycles. The predicted molar refractivity (Wildman–Crippen MR) is 133 cm³/mol. The van der Waals surface area contributed by atoms with Gasteiger partial charge < -0.3 is 10.5 Å². The van der Waals surface area contributed by atoms with E-state index in [1.807, 2.05) is 54.6 Å². The van der Waals surface area contributed by atoms with Crippen molar-refractivity contribution in [3.05, 3.63) is 107 Å². The number of anilines is 1. The zero-order valence-electron chi connectivity index (χ0n) is 18.3. The highest BCUT2D eigenvalue weighted by atomic mass is 16.7. The number of hydrogen-bond donors (Lipinski definition) is 3. The van der Waals surface area contributed by atoms with E-state index in [9.17, 15) is 5.26 Å². The number of fused-ring (bicyclic) bond motifs is 2. The zero-order valence-corrected chi connectivity index (χ0v) is 18.3. The monoisotopic (exact) mass is 461 g/mol. The van der Waals surface area contributed by atoms with Crippen LogP contribution in [0.15, 0.2) is 95.0 Å². The van der Waals surface area contributed by atoms with Gasteiger partial charge in [0.15, 0.2) is 0 Å². The van der Waals surface area contributed by atoms with Crippen molar-refractivity contribution in [2.75, 3.05) is 5.48 Å². The van der Waals surface area contributed by atoms with Gasteiger partial charge in [0.1, 0.15) is 0 Å². The van der Waals surface area contributed by atoms with Crippen LogP contribution in [0.25, 0.3) is 10.9 Å². The lowest BCUT2D eigenvalue weighted by Crippen LogP contribution is -2.25. The van der Waals surface area contributed by atoms with Gasteiger partial charge in [0.25, 0.3) is 12.4 Å². The van der Waals surface area contributed by atoms with Gasteiger partial charge >= 0.3 is 0 Å². The minimum Gasteiger partial charge on any atom is -0.407 e. The number of hydrogen-bond acceptors (Lipinski definition) is 8. The van der Waals surface area contributed by atoms with Gasteiger partial charge in [0.05, 0.1) is 28.5 Å². The fourth-order valence-corrected chi connectivity index (χ4v) is 3.69. The number of ether oxygens (including phenoxy) is 1. The van der Waals surface area contributed by atoms with Crippen LogP contribution < -0.4 is 11.2 Å². The Kier molecular flexibility index (Phi) is 5.86. The number of nitriles is 1. The molecule has 9 nitrogen and oxygen atoms in total. The molecule has 35 heavy (non-hydrogen) atoms. The third kappa shape index (κ3) is 4.55. The van der Waals surface area contributed by atoms with Gasteiger partial charge in [0.2, 0.25) is 5.90 Å². The predicted octanol–water partition coefficient (Wildman–Crippen LogP) is 3.94. The molecule has 0 saturated carbocycles. The molecule has 4 aromatic rings. The zero-order chi connectivity index (χ0) is 24.2. The molecule has 170 valence electrons. The SMILES string of the molecule is N#Cc1ccc2nccc(C(=N)O/C(N)=N/C3N=C(c4ccccc4)c4ccccc4NO3)c2c1. The Bertz CT molecular complexity index is 1520. The molecule has 0 spiro atoms. The van der Waals surface area contributed by atoms with E-state index in [4.69, 9.17) is 20.7 Å². The molecule has 0 fully saturated rings. The van der Waals surface area contributed by atoms with Gasteiger partial charge in [-0.2, -0.15) is 10.3 Å². The van der Waals surface area contributed by atoms with Crippen molar-refractivity contribution >= 4 is 34.2 Å². The van der Waals surface area contributed by atoms with Gasteiger partial charge in [-0.05, 0) is 30.3 Å². The van der Waals surface area contributed by atoms with E-state index >= 15 is 0 Å². The average molecular weight is 461 g/mol. The van der Waals surface area contributed by atoms with E-state index in [1.165, 1.54) is 0 Å². The number of para-hydroxylation sites is 1. The highest BCUT2D eigenvalue weighted by molar-refractivity contribution is 6.16. The molecular formula is C26H19N7O2. The van der Waals surface area contributed by atoms with E-state index in [1.54, 1.807) is 30.5 Å². The van der Waals surface area contributed by atoms with Crippen LogP contribution in [0, 0.1) is 16.7 Å². The Morgan fingerprint density at radius 1 is 1.09 bits per heavy atom. The maximum atomic E-state index is 9.22. The first-order chi connectivity index (χ1) is 17.1. The molecule has 1 unspecified atom stereocenters. The number of nitrogens with two attached hydrogens (primary N) is 1. The van der Waals surface area contributed by atoms with Crippen LogP contribution in [0.4, 0.5) is 5.69 Å². The van der Waals surface area contributed by atoms with E-state index in [0.29, 0.717) is 27.7 Å². The highest BCUT2D eigenvalue weighted by Crippen LogP contribution is 2.24. The van der Waals surface area contributed by atoms with Crippen LogP contribution >= 0.6 is 0 Å². The van der Waals surface area contributed by atoms with Crippen molar-refractivity contribution in [1.29, 1.82) is 10.7 Å². The Balaban J connectivity index is 1.44. The number of amidine groups is 1. The van der Waals surface area contributed by atoms with E-state index in [2.05, 4.69) is 26.5 Å². The summed E-state index contributed by atoms with van der Waals surface area (Å²) in [5, 5.41) is 18.2. The summed E-state index contributed by atoms with van der Waals surface area (Å²) < 4.78 is 5.50. The number of rotatable bonds is 3. The summed E-state index contributed by atoms with van der Waals surface area (Å²) in [5.74, 6) is -0.245. The van der Waals surface area contributed by atoms with Crippen LogP contribution in [-0.4, -0.2) is 29.0 Å². The molecule has 9 heteroatoms. The molecule has 0 radical (unpaired) electrons. The summed E-state index contributed by atoms with van der Waals surface area (Å²) in [6, 6.07) is 25.7. The average Bonchev–Trinajstić information content (AvgIpc) is 3.08. The van der Waals surface area contributed by atoms with Crippen molar-refractivity contribution < 1.29 is 9.57 Å². The van der Waals surface area contributed by atoms with E-state index in [0.717, 1.165) is 16.8 Å². The second-order valence-electron chi connectivity index (χ2n) is 7.54. The Labute approximate surface area is 200 Å². The minimum absolute atomic E-state index is 0.245. The minimum atomic E-state index is -1.07. The van der Waals surface area contributed by atoms with Crippen LogP contribution in [-0.2, 0) is 9.57 Å². The summed E-state index contributed by atoms with van der Waals surface area (Å²) in [6.45, 7) is 0. The summed E-state index contributed by atoms with van der Waals surface area (Å²) >= 11 is 0. The van der Waals surface area contributed by atoms with Crippen molar-refractivity contribution in [2.24, 2.45) is 15.7 Å². The number of aromatic nitrogens is 1. The van der Waals surface area contributed by atoms with Gasteiger partial charge in [0, 0.05) is 28.3 Å². The lowest BCUT2D eigenvalue weighted by molar-refractivity contribution is 0.115. The molecule has 1 aromatic heterocycles. The lowest BCUT2D eigenvalue weighted by atomic mass is 10.0. The van der Waals surface area contributed by atoms with Crippen LogP contribution in [0.5, 0.6) is 0 Å². The summed E-state index contributed by atoms with van der Waals surface area (Å²) in [7, 11) is 0. The van der Waals surface area contributed by atoms with Gasteiger partial charge in [-0.1, -0.05) is 48.5 Å². The third-order valence-electron chi connectivity index (χ3n) is 5.30. The standard InChI is InChI=1S/C26H19N7O2/c27-15-16-10-11-21-20(14-16)18(12-13-30-21)24(28)34-25(29)32-26-31-23(17-6-2-1-3-7-17)19-8-4-5-9-22(19)33-35-26/h1-14,26,28,33H,(H2,29,32). The lowest BCUT2D eigenvalue weighted by Gasteiger charge is -2.11. The molecule has 5 rings (SSSR count). The first-order valence-electron chi connectivity index (χ1n) is 10.7. The number of nitrogens with one attached hydrogen (secondary N) is 2. The smallest absolute Gasteiger partial charge is 0.293 e. The second-order valence-corrected chi connectivity index (χ2v) is 7.54. The highest BCUT2D eigenvalue weighted by Gasteiger charge is 2.20. The number of aliphatic imine (C=N–C) groups is 2.